The molecule has 1 fully saturated rings. The highest BCUT2D eigenvalue weighted by atomic mass is 19.1. The Morgan fingerprint density at radius 1 is 1.53 bits per heavy atom. The Morgan fingerprint density at radius 2 is 2.32 bits per heavy atom. The summed E-state index contributed by atoms with van der Waals surface area (Å²) in [4.78, 5) is 13.9. The van der Waals surface area contributed by atoms with Crippen LogP contribution in [0.3, 0.4) is 0 Å². The second kappa shape index (κ2) is 6.63. The van der Waals surface area contributed by atoms with E-state index in [9.17, 15) is 9.18 Å². The second-order valence-corrected chi connectivity index (χ2v) is 4.62. The summed E-state index contributed by atoms with van der Waals surface area (Å²) in [5, 5.41) is 3.06. The van der Waals surface area contributed by atoms with Crippen LogP contribution in [0.1, 0.15) is 16.8 Å². The number of benzene rings is 1. The molecule has 1 aliphatic heterocycles. The molecule has 1 N–H and O–H groups in total. The zero-order chi connectivity index (χ0) is 13.7. The zero-order valence-corrected chi connectivity index (χ0v) is 11.1. The minimum absolute atomic E-state index is 0.0249. The fraction of sp³-hybridized carbons (Fsp3) is 0.500. The molecule has 5 heteroatoms. The van der Waals surface area contributed by atoms with Crippen molar-refractivity contribution in [1.29, 1.82) is 0 Å². The van der Waals surface area contributed by atoms with Crippen LogP contribution in [0.5, 0.6) is 0 Å². The van der Waals surface area contributed by atoms with Crippen molar-refractivity contribution in [2.75, 3.05) is 33.3 Å². The maximum Gasteiger partial charge on any atom is 0.256 e. The van der Waals surface area contributed by atoms with E-state index in [4.69, 9.17) is 4.74 Å². The van der Waals surface area contributed by atoms with Crippen LogP contribution >= 0.6 is 0 Å². The van der Waals surface area contributed by atoms with Crippen LogP contribution in [0.15, 0.2) is 24.3 Å². The molecule has 2 rings (SSSR count). The van der Waals surface area contributed by atoms with Gasteiger partial charge in [-0.15, -0.1) is 0 Å². The van der Waals surface area contributed by atoms with Crippen molar-refractivity contribution in [1.82, 2.24) is 10.2 Å². The molecular formula is C14H19FN2O2. The topological polar surface area (TPSA) is 41.6 Å². The first-order valence-corrected chi connectivity index (χ1v) is 6.52. The van der Waals surface area contributed by atoms with Crippen molar-refractivity contribution in [3.8, 4) is 0 Å². The smallest absolute Gasteiger partial charge is 0.256 e. The average Bonchev–Trinajstić information content (AvgIpc) is 2.45. The first-order chi connectivity index (χ1) is 9.22. The summed E-state index contributed by atoms with van der Waals surface area (Å²) in [7, 11) is 1.88. The number of hydrogen-bond acceptors (Lipinski definition) is 3. The number of nitrogens with zero attached hydrogens (tertiary/aromatic N) is 1. The van der Waals surface area contributed by atoms with Crippen molar-refractivity contribution in [2.45, 2.75) is 12.5 Å². The molecular weight excluding hydrogens is 247 g/mol. The number of rotatable bonds is 4. The molecule has 1 aliphatic rings. The molecule has 0 spiro atoms. The van der Waals surface area contributed by atoms with Gasteiger partial charge in [-0.3, -0.25) is 4.79 Å². The fourth-order valence-electron chi connectivity index (χ4n) is 2.19. The van der Waals surface area contributed by atoms with E-state index in [1.54, 1.807) is 17.0 Å². The normalized spacial score (nSPS) is 19.5. The van der Waals surface area contributed by atoms with Gasteiger partial charge in [0.05, 0.1) is 18.3 Å². The quantitative estimate of drug-likeness (QED) is 0.892. The van der Waals surface area contributed by atoms with E-state index in [0.717, 1.165) is 13.0 Å². The maximum absolute atomic E-state index is 13.6. The van der Waals surface area contributed by atoms with Crippen LogP contribution in [0.4, 0.5) is 4.39 Å². The van der Waals surface area contributed by atoms with E-state index in [1.165, 1.54) is 12.1 Å². The van der Waals surface area contributed by atoms with Crippen molar-refractivity contribution in [2.24, 2.45) is 0 Å². The van der Waals surface area contributed by atoms with Gasteiger partial charge in [-0.25, -0.2) is 4.39 Å². The molecule has 104 valence electrons. The highest BCUT2D eigenvalue weighted by Crippen LogP contribution is 2.14. The van der Waals surface area contributed by atoms with Crippen LogP contribution in [0.25, 0.3) is 0 Å². The molecule has 1 aromatic rings. The summed E-state index contributed by atoms with van der Waals surface area (Å²) >= 11 is 0. The van der Waals surface area contributed by atoms with Crippen LogP contribution in [-0.4, -0.2) is 50.2 Å². The lowest BCUT2D eigenvalue weighted by Crippen LogP contribution is -2.46. The number of carbonyl (C=O) groups is 1. The van der Waals surface area contributed by atoms with E-state index in [-0.39, 0.29) is 17.6 Å². The number of ether oxygens (including phenoxy) is 1. The third-order valence-electron chi connectivity index (χ3n) is 3.25. The summed E-state index contributed by atoms with van der Waals surface area (Å²) in [5.41, 5.74) is 0.136. The molecule has 0 radical (unpaired) electrons. The summed E-state index contributed by atoms with van der Waals surface area (Å²) in [6.07, 6.45) is 0.870. The van der Waals surface area contributed by atoms with Crippen LogP contribution in [0, 0.1) is 5.82 Å². The van der Waals surface area contributed by atoms with Gasteiger partial charge in [-0.1, -0.05) is 12.1 Å². The van der Waals surface area contributed by atoms with Crippen molar-refractivity contribution < 1.29 is 13.9 Å². The molecule has 0 bridgehead atoms. The standard InChI is InChI=1S/C14H19FN2O2/c1-16-7-6-11-10-17(8-9-19-11)14(18)12-4-2-3-5-13(12)15/h2-5,11,16H,6-10H2,1H3. The van der Waals surface area contributed by atoms with E-state index in [2.05, 4.69) is 5.32 Å². The predicted octanol–water partition coefficient (Wildman–Crippen LogP) is 1.28. The summed E-state index contributed by atoms with van der Waals surface area (Å²) in [6.45, 7) is 2.39. The molecule has 1 saturated heterocycles. The number of morpholine rings is 1. The highest BCUT2D eigenvalue weighted by Gasteiger charge is 2.25. The molecule has 1 heterocycles. The van der Waals surface area contributed by atoms with Crippen LogP contribution in [0.2, 0.25) is 0 Å². The van der Waals surface area contributed by atoms with E-state index in [1.807, 2.05) is 7.05 Å². The van der Waals surface area contributed by atoms with E-state index >= 15 is 0 Å². The SMILES string of the molecule is CNCCC1CN(C(=O)c2ccccc2F)CCO1. The van der Waals surface area contributed by atoms with Crippen molar-refractivity contribution in [3.63, 3.8) is 0 Å². The van der Waals surface area contributed by atoms with Crippen LogP contribution in [-0.2, 0) is 4.74 Å². The second-order valence-electron chi connectivity index (χ2n) is 4.62. The third-order valence-corrected chi connectivity index (χ3v) is 3.25. The number of amides is 1. The molecule has 1 unspecified atom stereocenters. The highest BCUT2D eigenvalue weighted by molar-refractivity contribution is 5.94. The minimum atomic E-state index is -0.467. The van der Waals surface area contributed by atoms with Gasteiger partial charge in [0, 0.05) is 13.1 Å². The lowest BCUT2D eigenvalue weighted by Gasteiger charge is -2.33. The molecule has 19 heavy (non-hydrogen) atoms. The Morgan fingerprint density at radius 3 is 3.05 bits per heavy atom. The van der Waals surface area contributed by atoms with Gasteiger partial charge in [-0.2, -0.15) is 0 Å². The summed E-state index contributed by atoms with van der Waals surface area (Å²) < 4.78 is 19.2. The molecule has 1 atom stereocenters. The molecule has 1 aromatic carbocycles. The molecule has 0 aromatic heterocycles. The van der Waals surface area contributed by atoms with Gasteiger partial charge in [0.25, 0.3) is 5.91 Å². The molecule has 1 amide bonds. The first kappa shape index (κ1) is 14.0. The van der Waals surface area contributed by atoms with Gasteiger partial charge in [-0.05, 0) is 32.1 Å². The number of halogens is 1. The largest absolute Gasteiger partial charge is 0.374 e. The first-order valence-electron chi connectivity index (χ1n) is 6.52. The Hall–Kier alpha value is -1.46. The van der Waals surface area contributed by atoms with Crippen LogP contribution < -0.4 is 5.32 Å². The van der Waals surface area contributed by atoms with Gasteiger partial charge in [0.1, 0.15) is 5.82 Å². The summed E-state index contributed by atoms with van der Waals surface area (Å²) in [5.74, 6) is -0.721. The minimum Gasteiger partial charge on any atom is -0.374 e. The molecule has 0 saturated carbocycles. The number of carbonyl (C=O) groups excluding carboxylic acids is 1. The van der Waals surface area contributed by atoms with Crippen molar-refractivity contribution >= 4 is 5.91 Å². The van der Waals surface area contributed by atoms with E-state index < -0.39 is 5.82 Å². The van der Waals surface area contributed by atoms with Gasteiger partial charge >= 0.3 is 0 Å². The van der Waals surface area contributed by atoms with Crippen molar-refractivity contribution in [3.05, 3.63) is 35.6 Å². The lowest BCUT2D eigenvalue weighted by molar-refractivity contribution is -0.0244. The lowest BCUT2D eigenvalue weighted by atomic mass is 10.1. The average molecular weight is 266 g/mol. The summed E-state index contributed by atoms with van der Waals surface area (Å²) in [6, 6.07) is 6.10. The maximum atomic E-state index is 13.6. The Balaban J connectivity index is 2.01. The number of nitrogens with one attached hydrogen (secondary N) is 1. The number of hydrogen-bond donors (Lipinski definition) is 1. The Bertz CT molecular complexity index is 439. The predicted molar refractivity (Wildman–Crippen MR) is 70.6 cm³/mol. The Kier molecular flexibility index (Phi) is 4.87. The Labute approximate surface area is 112 Å². The van der Waals surface area contributed by atoms with Gasteiger partial charge < -0.3 is 15.0 Å². The zero-order valence-electron chi connectivity index (χ0n) is 11.1. The van der Waals surface area contributed by atoms with Gasteiger partial charge in [0.2, 0.25) is 0 Å². The van der Waals surface area contributed by atoms with E-state index in [0.29, 0.717) is 19.7 Å². The third kappa shape index (κ3) is 3.52. The van der Waals surface area contributed by atoms with Gasteiger partial charge in [0.15, 0.2) is 0 Å². The molecule has 0 aliphatic carbocycles. The molecule has 4 nitrogen and oxygen atoms in total. The fourth-order valence-corrected chi connectivity index (χ4v) is 2.19. The monoisotopic (exact) mass is 266 g/mol.